The first kappa shape index (κ1) is 21.4. The topological polar surface area (TPSA) is 49.7 Å². The van der Waals surface area contributed by atoms with Gasteiger partial charge in [-0.25, -0.2) is 0 Å². The number of alkyl halides is 3. The zero-order valence-electron chi connectivity index (χ0n) is 17.0. The minimum absolute atomic E-state index is 0.00849. The molecule has 0 saturated carbocycles. The van der Waals surface area contributed by atoms with Gasteiger partial charge in [0.25, 0.3) is 0 Å². The molecule has 30 heavy (non-hydrogen) atoms. The van der Waals surface area contributed by atoms with Gasteiger partial charge in [-0.2, -0.15) is 13.2 Å². The van der Waals surface area contributed by atoms with Crippen molar-refractivity contribution in [2.24, 2.45) is 5.92 Å². The molecule has 1 aromatic carbocycles. The maximum absolute atomic E-state index is 13.2. The van der Waals surface area contributed by atoms with Crippen molar-refractivity contribution in [3.8, 4) is 0 Å². The largest absolute Gasteiger partial charge is 0.462 e. The Morgan fingerprint density at radius 1 is 1.20 bits per heavy atom. The van der Waals surface area contributed by atoms with Gasteiger partial charge in [-0.15, -0.1) is 0 Å². The van der Waals surface area contributed by atoms with Crippen LogP contribution < -0.4 is 10.9 Å². The monoisotopic (exact) mass is 423 g/mol. The van der Waals surface area contributed by atoms with Crippen molar-refractivity contribution in [1.29, 1.82) is 0 Å². The third-order valence-electron chi connectivity index (χ3n) is 6.10. The van der Waals surface area contributed by atoms with E-state index in [-0.39, 0.29) is 12.0 Å². The van der Waals surface area contributed by atoms with Crippen LogP contribution >= 0.6 is 0 Å². The summed E-state index contributed by atoms with van der Waals surface area (Å²) in [6.07, 6.45) is -2.21. The first-order valence-electron chi connectivity index (χ1n) is 10.4. The number of likely N-dealkylation sites (tertiary alicyclic amines) is 1. The number of furan rings is 1. The summed E-state index contributed by atoms with van der Waals surface area (Å²) >= 11 is 0. The summed E-state index contributed by atoms with van der Waals surface area (Å²) in [4.78, 5) is 2.37. The predicted octanol–water partition coefficient (Wildman–Crippen LogP) is 3.92. The van der Waals surface area contributed by atoms with Crippen LogP contribution in [0.15, 0.2) is 40.8 Å². The van der Waals surface area contributed by atoms with Crippen LogP contribution in [0.5, 0.6) is 0 Å². The summed E-state index contributed by atoms with van der Waals surface area (Å²) in [5.74, 6) is 2.08. The summed E-state index contributed by atoms with van der Waals surface area (Å²) in [5, 5.41) is 0. The molecule has 1 aromatic heterocycles. The fourth-order valence-corrected chi connectivity index (χ4v) is 4.71. The van der Waals surface area contributed by atoms with E-state index in [1.165, 1.54) is 12.1 Å². The molecule has 2 aromatic rings. The zero-order valence-corrected chi connectivity index (χ0v) is 17.0. The number of rotatable bonds is 6. The molecule has 8 heteroatoms. The number of hydrazine groups is 1. The highest BCUT2D eigenvalue weighted by molar-refractivity contribution is 5.30. The van der Waals surface area contributed by atoms with Crippen LogP contribution in [0.1, 0.15) is 41.4 Å². The number of hydrogen-bond donors (Lipinski definition) is 2. The molecule has 0 radical (unpaired) electrons. The van der Waals surface area contributed by atoms with Gasteiger partial charge in [0.1, 0.15) is 18.1 Å². The van der Waals surface area contributed by atoms with Gasteiger partial charge in [-0.1, -0.05) is 18.2 Å². The lowest BCUT2D eigenvalue weighted by molar-refractivity contribution is -0.137. The smallest absolute Gasteiger partial charge is 0.416 e. The standard InChI is InChI=1S/C22H28F3N3O2/c1-29-14-19-8-7-18(30-19)13-28-9-3-5-16(12-28)21-20(11-26-27-21)15-4-2-6-17(10-15)22(23,24)25/h2,4,6-8,10,16,20-21,26-27H,3,5,9,11-14H2,1H3. The Hall–Kier alpha value is -1.87. The SMILES string of the molecule is COCc1ccc(CN2CCCC(C3NNCC3c3cccc(C(F)(F)F)c3)C2)o1. The lowest BCUT2D eigenvalue weighted by Gasteiger charge is -2.37. The van der Waals surface area contributed by atoms with E-state index in [4.69, 9.17) is 9.15 Å². The van der Waals surface area contributed by atoms with E-state index in [0.717, 1.165) is 55.6 Å². The van der Waals surface area contributed by atoms with Gasteiger partial charge in [0, 0.05) is 32.2 Å². The number of hydrogen-bond acceptors (Lipinski definition) is 5. The molecule has 164 valence electrons. The molecule has 2 aliphatic rings. The number of piperidine rings is 1. The first-order valence-corrected chi connectivity index (χ1v) is 10.4. The quantitative estimate of drug-likeness (QED) is 0.738. The number of benzene rings is 1. The van der Waals surface area contributed by atoms with Crippen molar-refractivity contribution in [3.63, 3.8) is 0 Å². The number of nitrogens with zero attached hydrogens (tertiary/aromatic N) is 1. The Bertz CT molecular complexity index is 839. The Balaban J connectivity index is 1.43. The van der Waals surface area contributed by atoms with Crippen LogP contribution in [0.3, 0.4) is 0 Å². The Labute approximate surface area is 174 Å². The molecule has 2 aliphatic heterocycles. The number of ether oxygens (including phenoxy) is 1. The van der Waals surface area contributed by atoms with Gasteiger partial charge in [0.15, 0.2) is 0 Å². The fourth-order valence-electron chi connectivity index (χ4n) is 4.71. The minimum Gasteiger partial charge on any atom is -0.462 e. The van der Waals surface area contributed by atoms with Crippen molar-refractivity contribution in [1.82, 2.24) is 15.8 Å². The van der Waals surface area contributed by atoms with Crippen LogP contribution in [0.4, 0.5) is 13.2 Å². The molecule has 3 atom stereocenters. The van der Waals surface area contributed by atoms with E-state index < -0.39 is 11.7 Å². The Morgan fingerprint density at radius 2 is 2.03 bits per heavy atom. The Kier molecular flexibility index (Phi) is 6.48. The van der Waals surface area contributed by atoms with Gasteiger partial charge < -0.3 is 9.15 Å². The molecule has 0 bridgehead atoms. The highest BCUT2D eigenvalue weighted by atomic mass is 19.4. The molecule has 4 rings (SSSR count). The molecule has 2 N–H and O–H groups in total. The third kappa shape index (κ3) is 4.88. The van der Waals surface area contributed by atoms with Crippen LogP contribution in [0.2, 0.25) is 0 Å². The summed E-state index contributed by atoms with van der Waals surface area (Å²) in [6.45, 7) is 3.69. The van der Waals surface area contributed by atoms with Crippen molar-refractivity contribution >= 4 is 0 Å². The molecule has 0 aliphatic carbocycles. The average Bonchev–Trinajstić information content (AvgIpc) is 3.38. The van der Waals surface area contributed by atoms with E-state index >= 15 is 0 Å². The summed E-state index contributed by atoms with van der Waals surface area (Å²) in [5.41, 5.74) is 6.67. The highest BCUT2D eigenvalue weighted by Crippen LogP contribution is 2.35. The molecule has 3 unspecified atom stereocenters. The molecule has 2 saturated heterocycles. The minimum atomic E-state index is -4.32. The molecule has 5 nitrogen and oxygen atoms in total. The number of methoxy groups -OCH3 is 1. The average molecular weight is 423 g/mol. The molecular weight excluding hydrogens is 395 g/mol. The second kappa shape index (κ2) is 9.09. The lowest BCUT2D eigenvalue weighted by Crippen LogP contribution is -2.46. The molecule has 3 heterocycles. The highest BCUT2D eigenvalue weighted by Gasteiger charge is 2.38. The van der Waals surface area contributed by atoms with Gasteiger partial charge in [-0.3, -0.25) is 15.8 Å². The lowest BCUT2D eigenvalue weighted by atomic mass is 9.81. The normalized spacial score (nSPS) is 25.7. The number of nitrogens with one attached hydrogen (secondary N) is 2. The molecule has 2 fully saturated rings. The maximum atomic E-state index is 13.2. The second-order valence-corrected chi connectivity index (χ2v) is 8.22. The van der Waals surface area contributed by atoms with E-state index in [1.807, 2.05) is 18.2 Å². The number of halogens is 3. The van der Waals surface area contributed by atoms with E-state index in [0.29, 0.717) is 19.1 Å². The second-order valence-electron chi connectivity index (χ2n) is 8.22. The third-order valence-corrected chi connectivity index (χ3v) is 6.10. The van der Waals surface area contributed by atoms with E-state index in [2.05, 4.69) is 15.8 Å². The molecule has 0 amide bonds. The van der Waals surface area contributed by atoms with Crippen LogP contribution in [-0.4, -0.2) is 37.7 Å². The van der Waals surface area contributed by atoms with Gasteiger partial charge >= 0.3 is 6.18 Å². The predicted molar refractivity (Wildman–Crippen MR) is 107 cm³/mol. The van der Waals surface area contributed by atoms with E-state index in [9.17, 15) is 13.2 Å². The van der Waals surface area contributed by atoms with Crippen molar-refractivity contribution in [3.05, 3.63) is 59.0 Å². The molecular formula is C22H28F3N3O2. The Morgan fingerprint density at radius 3 is 2.83 bits per heavy atom. The zero-order chi connectivity index (χ0) is 21.1. The summed E-state index contributed by atoms with van der Waals surface area (Å²) in [7, 11) is 1.64. The van der Waals surface area contributed by atoms with Crippen LogP contribution in [0, 0.1) is 5.92 Å². The van der Waals surface area contributed by atoms with Gasteiger partial charge in [0.05, 0.1) is 12.1 Å². The van der Waals surface area contributed by atoms with Crippen molar-refractivity contribution in [2.75, 3.05) is 26.7 Å². The van der Waals surface area contributed by atoms with Crippen molar-refractivity contribution in [2.45, 2.75) is 44.1 Å². The first-order chi connectivity index (χ1) is 14.4. The van der Waals surface area contributed by atoms with Crippen LogP contribution in [0.25, 0.3) is 0 Å². The van der Waals surface area contributed by atoms with Crippen LogP contribution in [-0.2, 0) is 24.1 Å². The fraction of sp³-hybridized carbons (Fsp3) is 0.545. The van der Waals surface area contributed by atoms with Gasteiger partial charge in [0.2, 0.25) is 0 Å². The van der Waals surface area contributed by atoms with Gasteiger partial charge in [-0.05, 0) is 49.1 Å². The maximum Gasteiger partial charge on any atom is 0.416 e. The van der Waals surface area contributed by atoms with Crippen molar-refractivity contribution < 1.29 is 22.3 Å². The molecule has 0 spiro atoms. The van der Waals surface area contributed by atoms with E-state index in [1.54, 1.807) is 7.11 Å². The summed E-state index contributed by atoms with van der Waals surface area (Å²) in [6, 6.07) is 9.77. The summed E-state index contributed by atoms with van der Waals surface area (Å²) < 4.78 is 50.4.